The Balaban J connectivity index is 2.25. The van der Waals surface area contributed by atoms with E-state index in [4.69, 9.17) is 14.2 Å². The zero-order chi connectivity index (χ0) is 13.2. The summed E-state index contributed by atoms with van der Waals surface area (Å²) in [6.45, 7) is 6.25. The second-order valence-electron chi connectivity index (χ2n) is 3.71. The summed E-state index contributed by atoms with van der Waals surface area (Å²) in [5.74, 6) is 0.612. The largest absolute Gasteiger partial charge is 0.490 e. The summed E-state index contributed by atoms with van der Waals surface area (Å²) < 4.78 is 16.0. The normalized spacial score (nSPS) is 10.3. The predicted molar refractivity (Wildman–Crippen MR) is 69.3 cm³/mol. The van der Waals surface area contributed by atoms with E-state index in [1.807, 2.05) is 19.1 Å². The minimum absolute atomic E-state index is 0.00265. The first-order valence-electron chi connectivity index (χ1n) is 6.14. The molecule has 0 atom stereocenters. The minimum Gasteiger partial charge on any atom is -0.490 e. The van der Waals surface area contributed by atoms with Gasteiger partial charge in [0, 0.05) is 6.61 Å². The van der Waals surface area contributed by atoms with Crippen LogP contribution in [0.1, 0.15) is 24.2 Å². The molecule has 1 aromatic rings. The van der Waals surface area contributed by atoms with Gasteiger partial charge in [0.15, 0.2) is 5.78 Å². The van der Waals surface area contributed by atoms with Crippen LogP contribution in [0, 0.1) is 0 Å². The van der Waals surface area contributed by atoms with Crippen LogP contribution >= 0.6 is 0 Å². The van der Waals surface area contributed by atoms with Gasteiger partial charge in [-0.25, -0.2) is 0 Å². The highest BCUT2D eigenvalue weighted by molar-refractivity contribution is 5.96. The molecule has 0 unspecified atom stereocenters. The molecule has 1 aromatic carbocycles. The number of carbonyl (C=O) groups excluding carboxylic acids is 1. The summed E-state index contributed by atoms with van der Waals surface area (Å²) in [6, 6.07) is 7.21. The lowest BCUT2D eigenvalue weighted by molar-refractivity contribution is 0.0403. The molecule has 0 bridgehead atoms. The lowest BCUT2D eigenvalue weighted by Crippen LogP contribution is -2.11. The van der Waals surface area contributed by atoms with Crippen LogP contribution in [0.2, 0.25) is 0 Å². The van der Waals surface area contributed by atoms with Crippen molar-refractivity contribution in [2.45, 2.75) is 13.8 Å². The summed E-state index contributed by atoms with van der Waals surface area (Å²) in [7, 11) is 0. The summed E-state index contributed by atoms with van der Waals surface area (Å²) in [6.07, 6.45) is 0. The van der Waals surface area contributed by atoms with Gasteiger partial charge in [-0.15, -0.1) is 0 Å². The van der Waals surface area contributed by atoms with Crippen LogP contribution in [0.25, 0.3) is 0 Å². The first-order chi connectivity index (χ1) is 8.75. The van der Waals surface area contributed by atoms with Gasteiger partial charge in [0.1, 0.15) is 12.4 Å². The number of benzene rings is 1. The van der Waals surface area contributed by atoms with Gasteiger partial charge in [-0.3, -0.25) is 4.79 Å². The molecule has 4 nitrogen and oxygen atoms in total. The maximum absolute atomic E-state index is 11.3. The highest BCUT2D eigenvalue weighted by Gasteiger charge is 2.06. The molecule has 0 N–H and O–H groups in total. The minimum atomic E-state index is 0.00265. The Morgan fingerprint density at radius 1 is 1.06 bits per heavy atom. The van der Waals surface area contributed by atoms with Crippen molar-refractivity contribution in [3.63, 3.8) is 0 Å². The topological polar surface area (TPSA) is 44.8 Å². The molecule has 4 heteroatoms. The Morgan fingerprint density at radius 2 is 1.72 bits per heavy atom. The van der Waals surface area contributed by atoms with Crippen molar-refractivity contribution in [1.82, 2.24) is 0 Å². The quantitative estimate of drug-likeness (QED) is 0.500. The third-order valence-corrected chi connectivity index (χ3v) is 2.33. The summed E-state index contributed by atoms with van der Waals surface area (Å²) in [4.78, 5) is 11.3. The van der Waals surface area contributed by atoms with E-state index in [2.05, 4.69) is 0 Å². The van der Waals surface area contributed by atoms with E-state index < -0.39 is 0 Å². The lowest BCUT2D eigenvalue weighted by atomic mass is 10.1. The molecule has 0 heterocycles. The molecule has 0 fully saturated rings. The van der Waals surface area contributed by atoms with Crippen molar-refractivity contribution < 1.29 is 19.0 Å². The van der Waals surface area contributed by atoms with Crippen LogP contribution < -0.4 is 4.74 Å². The van der Waals surface area contributed by atoms with Crippen molar-refractivity contribution in [2.75, 3.05) is 33.0 Å². The molecule has 0 saturated carbocycles. The fourth-order valence-corrected chi connectivity index (χ4v) is 1.46. The van der Waals surface area contributed by atoms with E-state index in [0.29, 0.717) is 44.3 Å². The number of ketones is 1. The molecule has 0 aliphatic heterocycles. The first-order valence-corrected chi connectivity index (χ1v) is 6.14. The molecular formula is C14H20O4. The first kappa shape index (κ1) is 14.7. The van der Waals surface area contributed by atoms with Crippen molar-refractivity contribution in [3.05, 3.63) is 29.8 Å². The molecule has 1 rings (SSSR count). The van der Waals surface area contributed by atoms with E-state index in [1.54, 1.807) is 12.1 Å². The van der Waals surface area contributed by atoms with Crippen LogP contribution in [-0.2, 0) is 9.47 Å². The molecular weight excluding hydrogens is 232 g/mol. The number of hydrogen-bond donors (Lipinski definition) is 0. The Morgan fingerprint density at radius 3 is 2.44 bits per heavy atom. The molecule has 0 aliphatic rings. The number of carbonyl (C=O) groups is 1. The smallest absolute Gasteiger partial charge is 0.163 e. The third-order valence-electron chi connectivity index (χ3n) is 2.33. The number of para-hydroxylation sites is 1. The molecule has 100 valence electrons. The standard InChI is InChI=1S/C14H20O4/c1-3-16-8-9-17-10-11-18-14-7-5-4-6-13(14)12(2)15/h4-7H,3,8-11H2,1-2H3. The second-order valence-corrected chi connectivity index (χ2v) is 3.71. The monoisotopic (exact) mass is 252 g/mol. The van der Waals surface area contributed by atoms with Gasteiger partial charge < -0.3 is 14.2 Å². The van der Waals surface area contributed by atoms with E-state index in [0.717, 1.165) is 0 Å². The van der Waals surface area contributed by atoms with Gasteiger partial charge in [-0.1, -0.05) is 12.1 Å². The molecule has 0 aliphatic carbocycles. The molecule has 0 aromatic heterocycles. The highest BCUT2D eigenvalue weighted by atomic mass is 16.5. The molecule has 0 spiro atoms. The van der Waals surface area contributed by atoms with Gasteiger partial charge in [0.2, 0.25) is 0 Å². The third kappa shape index (κ3) is 5.29. The number of Topliss-reactive ketones (excluding diaryl/α,β-unsaturated/α-hetero) is 1. The Bertz CT molecular complexity index is 363. The van der Waals surface area contributed by atoms with E-state index in [9.17, 15) is 4.79 Å². The fraction of sp³-hybridized carbons (Fsp3) is 0.500. The van der Waals surface area contributed by atoms with Gasteiger partial charge in [-0.2, -0.15) is 0 Å². The second kappa shape index (κ2) is 8.66. The predicted octanol–water partition coefficient (Wildman–Crippen LogP) is 2.32. The Kier molecular flexibility index (Phi) is 7.06. The van der Waals surface area contributed by atoms with Crippen LogP contribution in [0.3, 0.4) is 0 Å². The van der Waals surface area contributed by atoms with Crippen molar-refractivity contribution >= 4 is 5.78 Å². The number of rotatable bonds is 9. The van der Waals surface area contributed by atoms with Gasteiger partial charge >= 0.3 is 0 Å². The zero-order valence-electron chi connectivity index (χ0n) is 11.0. The van der Waals surface area contributed by atoms with E-state index in [-0.39, 0.29) is 5.78 Å². The molecule has 18 heavy (non-hydrogen) atoms. The van der Waals surface area contributed by atoms with Crippen molar-refractivity contribution in [1.29, 1.82) is 0 Å². The zero-order valence-corrected chi connectivity index (χ0v) is 11.0. The lowest BCUT2D eigenvalue weighted by Gasteiger charge is -2.09. The van der Waals surface area contributed by atoms with Crippen LogP contribution in [0.4, 0.5) is 0 Å². The summed E-state index contributed by atoms with van der Waals surface area (Å²) in [5, 5.41) is 0. The number of ether oxygens (including phenoxy) is 3. The Labute approximate surface area is 108 Å². The van der Waals surface area contributed by atoms with Gasteiger partial charge in [0.25, 0.3) is 0 Å². The maximum Gasteiger partial charge on any atom is 0.163 e. The summed E-state index contributed by atoms with van der Waals surface area (Å²) >= 11 is 0. The number of hydrogen-bond acceptors (Lipinski definition) is 4. The van der Waals surface area contributed by atoms with Crippen LogP contribution in [0.15, 0.2) is 24.3 Å². The highest BCUT2D eigenvalue weighted by Crippen LogP contribution is 2.17. The van der Waals surface area contributed by atoms with E-state index >= 15 is 0 Å². The van der Waals surface area contributed by atoms with Crippen LogP contribution in [0.5, 0.6) is 5.75 Å². The van der Waals surface area contributed by atoms with E-state index in [1.165, 1.54) is 6.92 Å². The van der Waals surface area contributed by atoms with Crippen molar-refractivity contribution in [2.24, 2.45) is 0 Å². The van der Waals surface area contributed by atoms with Crippen LogP contribution in [-0.4, -0.2) is 38.8 Å². The van der Waals surface area contributed by atoms with Gasteiger partial charge in [0.05, 0.1) is 25.4 Å². The molecule has 0 saturated heterocycles. The average molecular weight is 252 g/mol. The fourth-order valence-electron chi connectivity index (χ4n) is 1.46. The van der Waals surface area contributed by atoms with Crippen molar-refractivity contribution in [3.8, 4) is 5.75 Å². The molecule has 0 radical (unpaired) electrons. The SMILES string of the molecule is CCOCCOCCOc1ccccc1C(C)=O. The maximum atomic E-state index is 11.3. The summed E-state index contributed by atoms with van der Waals surface area (Å²) in [5.41, 5.74) is 0.604. The molecule has 0 amide bonds. The Hall–Kier alpha value is -1.39. The van der Waals surface area contributed by atoms with Gasteiger partial charge in [-0.05, 0) is 26.0 Å². The average Bonchev–Trinajstić information content (AvgIpc) is 2.38.